The normalized spacial score (nSPS) is 18.1. The number of amides is 2. The van der Waals surface area contributed by atoms with Gasteiger partial charge in [0.15, 0.2) is 0 Å². The van der Waals surface area contributed by atoms with Crippen LogP contribution in [0.25, 0.3) is 0 Å². The maximum absolute atomic E-state index is 12.9. The summed E-state index contributed by atoms with van der Waals surface area (Å²) in [4.78, 5) is 26.7. The number of thioether (sulfide) groups is 2. The Labute approximate surface area is 163 Å². The van der Waals surface area contributed by atoms with Gasteiger partial charge in [0.1, 0.15) is 11.8 Å². The van der Waals surface area contributed by atoms with Crippen molar-refractivity contribution in [3.8, 4) is 5.75 Å². The molecular weight excluding hydrogens is 372 g/mol. The standard InChI is InChI=1S/C18H26N2O4S2/c1-23-14-6-4-13(5-7-14)16-12-26-11-9-20(16)18(22)19-15(8-10-25-3)17(21)24-2/h4-7,15-16H,8-12H2,1-3H3,(H,19,22). The lowest BCUT2D eigenvalue weighted by molar-refractivity contribution is -0.142. The molecule has 0 saturated carbocycles. The summed E-state index contributed by atoms with van der Waals surface area (Å²) in [5.74, 6) is 2.87. The zero-order valence-corrected chi connectivity index (χ0v) is 17.0. The highest BCUT2D eigenvalue weighted by molar-refractivity contribution is 7.99. The molecule has 2 amide bonds. The molecule has 1 aromatic rings. The van der Waals surface area contributed by atoms with Gasteiger partial charge in [-0.3, -0.25) is 0 Å². The second kappa shape index (κ2) is 10.6. The van der Waals surface area contributed by atoms with Crippen molar-refractivity contribution in [1.29, 1.82) is 0 Å². The Morgan fingerprint density at radius 3 is 2.69 bits per heavy atom. The van der Waals surface area contributed by atoms with Gasteiger partial charge in [0.2, 0.25) is 0 Å². The summed E-state index contributed by atoms with van der Waals surface area (Å²) in [7, 11) is 2.98. The van der Waals surface area contributed by atoms with E-state index in [4.69, 9.17) is 9.47 Å². The minimum atomic E-state index is -0.619. The van der Waals surface area contributed by atoms with Crippen molar-refractivity contribution in [2.24, 2.45) is 0 Å². The molecule has 6 nitrogen and oxygen atoms in total. The molecule has 2 rings (SSSR count). The molecule has 0 radical (unpaired) electrons. The number of nitrogens with one attached hydrogen (secondary N) is 1. The molecule has 1 aliphatic rings. The van der Waals surface area contributed by atoms with E-state index in [1.807, 2.05) is 47.2 Å². The average molecular weight is 399 g/mol. The van der Waals surface area contributed by atoms with E-state index in [9.17, 15) is 9.59 Å². The molecule has 2 atom stereocenters. The number of hydrogen-bond donors (Lipinski definition) is 1. The number of ether oxygens (including phenoxy) is 2. The number of hydrogen-bond acceptors (Lipinski definition) is 6. The Hall–Kier alpha value is -1.54. The molecule has 1 fully saturated rings. The lowest BCUT2D eigenvalue weighted by Gasteiger charge is -2.36. The summed E-state index contributed by atoms with van der Waals surface area (Å²) >= 11 is 3.46. The number of esters is 1. The molecule has 1 heterocycles. The van der Waals surface area contributed by atoms with Gasteiger partial charge in [0.05, 0.1) is 20.3 Å². The first-order valence-electron chi connectivity index (χ1n) is 8.46. The van der Waals surface area contributed by atoms with Crippen molar-refractivity contribution in [2.45, 2.75) is 18.5 Å². The number of rotatable bonds is 7. The molecule has 0 spiro atoms. The van der Waals surface area contributed by atoms with Crippen molar-refractivity contribution in [3.05, 3.63) is 29.8 Å². The van der Waals surface area contributed by atoms with Crippen LogP contribution in [0.15, 0.2) is 24.3 Å². The SMILES string of the molecule is COC(=O)C(CCSC)NC(=O)N1CCSCC1c1ccc(OC)cc1. The van der Waals surface area contributed by atoms with Crippen LogP contribution in [0.4, 0.5) is 4.79 Å². The summed E-state index contributed by atoms with van der Waals surface area (Å²) in [6.07, 6.45) is 2.52. The number of methoxy groups -OCH3 is 2. The van der Waals surface area contributed by atoms with Crippen LogP contribution in [0, 0.1) is 0 Å². The summed E-state index contributed by atoms with van der Waals surface area (Å²) in [5, 5.41) is 2.86. The van der Waals surface area contributed by atoms with E-state index in [0.29, 0.717) is 13.0 Å². The third-order valence-corrected chi connectivity index (χ3v) is 5.95. The zero-order chi connectivity index (χ0) is 18.9. The van der Waals surface area contributed by atoms with Crippen LogP contribution in [0.1, 0.15) is 18.0 Å². The van der Waals surface area contributed by atoms with E-state index in [1.165, 1.54) is 7.11 Å². The van der Waals surface area contributed by atoms with E-state index in [-0.39, 0.29) is 12.1 Å². The van der Waals surface area contributed by atoms with Gasteiger partial charge in [-0.2, -0.15) is 23.5 Å². The lowest BCUT2D eigenvalue weighted by Crippen LogP contribution is -2.51. The van der Waals surface area contributed by atoms with Crippen LogP contribution in [-0.2, 0) is 9.53 Å². The van der Waals surface area contributed by atoms with Gasteiger partial charge in [-0.25, -0.2) is 9.59 Å². The van der Waals surface area contributed by atoms with E-state index < -0.39 is 12.0 Å². The number of urea groups is 1. The molecular formula is C18H26N2O4S2. The molecule has 8 heteroatoms. The molecule has 0 aromatic heterocycles. The van der Waals surface area contributed by atoms with Crippen LogP contribution < -0.4 is 10.1 Å². The van der Waals surface area contributed by atoms with Gasteiger partial charge in [0.25, 0.3) is 0 Å². The molecule has 1 aliphatic heterocycles. The Balaban J connectivity index is 2.11. The Bertz CT molecular complexity index is 597. The third-order valence-electron chi connectivity index (χ3n) is 4.28. The Kier molecular flexibility index (Phi) is 8.44. The maximum Gasteiger partial charge on any atom is 0.328 e. The zero-order valence-electron chi connectivity index (χ0n) is 15.4. The van der Waals surface area contributed by atoms with Gasteiger partial charge in [-0.1, -0.05) is 12.1 Å². The van der Waals surface area contributed by atoms with Gasteiger partial charge in [0, 0.05) is 18.1 Å². The average Bonchev–Trinajstić information content (AvgIpc) is 2.70. The lowest BCUT2D eigenvalue weighted by atomic mass is 10.1. The van der Waals surface area contributed by atoms with Crippen LogP contribution in [0.2, 0.25) is 0 Å². The molecule has 0 aliphatic carbocycles. The molecule has 1 saturated heterocycles. The first kappa shape index (κ1) is 20.8. The quantitative estimate of drug-likeness (QED) is 0.713. The fourth-order valence-corrected chi connectivity index (χ4v) is 4.37. The predicted octanol–water partition coefficient (Wildman–Crippen LogP) is 2.79. The van der Waals surface area contributed by atoms with Crippen LogP contribution in [0.3, 0.4) is 0 Å². The van der Waals surface area contributed by atoms with Crippen LogP contribution in [0.5, 0.6) is 5.75 Å². The van der Waals surface area contributed by atoms with Crippen molar-refractivity contribution >= 4 is 35.5 Å². The summed E-state index contributed by atoms with van der Waals surface area (Å²) in [6, 6.07) is 6.91. The number of nitrogens with zero attached hydrogens (tertiary/aromatic N) is 1. The fourth-order valence-electron chi connectivity index (χ4n) is 2.81. The van der Waals surface area contributed by atoms with Gasteiger partial charge in [-0.05, 0) is 36.1 Å². The van der Waals surface area contributed by atoms with E-state index in [2.05, 4.69) is 5.32 Å². The van der Waals surface area contributed by atoms with Crippen molar-refractivity contribution < 1.29 is 19.1 Å². The van der Waals surface area contributed by atoms with Crippen molar-refractivity contribution in [3.63, 3.8) is 0 Å². The molecule has 1 aromatic carbocycles. The van der Waals surface area contributed by atoms with E-state index in [0.717, 1.165) is 28.6 Å². The third kappa shape index (κ3) is 5.48. The van der Waals surface area contributed by atoms with Gasteiger partial charge >= 0.3 is 12.0 Å². The number of benzene rings is 1. The highest BCUT2D eigenvalue weighted by Gasteiger charge is 2.31. The van der Waals surface area contributed by atoms with Crippen molar-refractivity contribution in [1.82, 2.24) is 10.2 Å². The highest BCUT2D eigenvalue weighted by Crippen LogP contribution is 2.30. The van der Waals surface area contributed by atoms with E-state index in [1.54, 1.807) is 18.9 Å². The Morgan fingerprint density at radius 2 is 2.08 bits per heavy atom. The van der Waals surface area contributed by atoms with Gasteiger partial charge in [-0.15, -0.1) is 0 Å². The Morgan fingerprint density at radius 1 is 1.35 bits per heavy atom. The van der Waals surface area contributed by atoms with Gasteiger partial charge < -0.3 is 19.7 Å². The number of carbonyl (C=O) groups is 2. The topological polar surface area (TPSA) is 67.9 Å². The second-order valence-corrected chi connectivity index (χ2v) is 8.00. The maximum atomic E-state index is 12.9. The number of carbonyl (C=O) groups excluding carboxylic acids is 2. The predicted molar refractivity (Wildman–Crippen MR) is 107 cm³/mol. The molecule has 1 N–H and O–H groups in total. The summed E-state index contributed by atoms with van der Waals surface area (Å²) in [6.45, 7) is 0.642. The highest BCUT2D eigenvalue weighted by atomic mass is 32.2. The first-order chi connectivity index (χ1) is 12.6. The first-order valence-corrected chi connectivity index (χ1v) is 11.0. The molecule has 0 bridgehead atoms. The largest absolute Gasteiger partial charge is 0.497 e. The summed E-state index contributed by atoms with van der Waals surface area (Å²) < 4.78 is 10.0. The molecule has 144 valence electrons. The second-order valence-electron chi connectivity index (χ2n) is 5.86. The minimum absolute atomic E-state index is 0.0292. The smallest absolute Gasteiger partial charge is 0.328 e. The van der Waals surface area contributed by atoms with Crippen LogP contribution >= 0.6 is 23.5 Å². The summed E-state index contributed by atoms with van der Waals surface area (Å²) in [5.41, 5.74) is 1.06. The molecule has 2 unspecified atom stereocenters. The molecule has 26 heavy (non-hydrogen) atoms. The minimum Gasteiger partial charge on any atom is -0.497 e. The van der Waals surface area contributed by atoms with E-state index >= 15 is 0 Å². The monoisotopic (exact) mass is 398 g/mol. The van der Waals surface area contributed by atoms with Crippen molar-refractivity contribution in [2.75, 3.05) is 44.3 Å². The van der Waals surface area contributed by atoms with Crippen LogP contribution in [-0.4, -0.2) is 67.2 Å². The fraction of sp³-hybridized carbons (Fsp3) is 0.556.